The fourth-order valence-corrected chi connectivity index (χ4v) is 4.58. The van der Waals surface area contributed by atoms with Crippen LogP contribution >= 0.6 is 23.1 Å². The molecule has 0 unspecified atom stereocenters. The van der Waals surface area contributed by atoms with Gasteiger partial charge in [0.05, 0.1) is 11.3 Å². The first-order chi connectivity index (χ1) is 15.1. The van der Waals surface area contributed by atoms with Crippen molar-refractivity contribution >= 4 is 50.8 Å². The van der Waals surface area contributed by atoms with Crippen LogP contribution in [0.5, 0.6) is 0 Å². The van der Waals surface area contributed by atoms with Crippen LogP contribution in [0.4, 0.5) is 10.5 Å². The highest BCUT2D eigenvalue weighted by atomic mass is 35.5. The predicted molar refractivity (Wildman–Crippen MR) is 124 cm³/mol. The molecule has 0 radical (unpaired) electrons. The van der Waals surface area contributed by atoms with Crippen LogP contribution in [-0.2, 0) is 4.74 Å². The minimum atomic E-state index is -0.449. The molecule has 0 bridgehead atoms. The summed E-state index contributed by atoms with van der Waals surface area (Å²) < 4.78 is 10.5. The van der Waals surface area contributed by atoms with Crippen LogP contribution in [0.25, 0.3) is 10.1 Å². The first-order valence-corrected chi connectivity index (χ1v) is 11.5. The molecule has 1 aliphatic heterocycles. The molecule has 3 aromatic rings. The number of Topliss-reactive ketones (excluding diaryl/α,β-unsaturated/α-hetero) is 1. The summed E-state index contributed by atoms with van der Waals surface area (Å²) in [6.07, 6.45) is 3.79. The molecule has 1 saturated heterocycles. The minimum Gasteiger partial charge on any atom is -0.449 e. The summed E-state index contributed by atoms with van der Waals surface area (Å²) in [6.45, 7) is 2.97. The van der Waals surface area contributed by atoms with Crippen molar-refractivity contribution in [3.8, 4) is 0 Å². The van der Waals surface area contributed by atoms with Gasteiger partial charge in [-0.05, 0) is 86.3 Å². The number of hydrogen-bond donors (Lipinski definition) is 1. The molecule has 1 N–H and O–H groups in total. The van der Waals surface area contributed by atoms with E-state index >= 15 is 0 Å². The van der Waals surface area contributed by atoms with Gasteiger partial charge in [-0.1, -0.05) is 11.6 Å². The Balaban J connectivity index is 1.13. The number of hydrogen-bond acceptors (Lipinski definition) is 6. The van der Waals surface area contributed by atoms with E-state index < -0.39 is 6.09 Å². The third kappa shape index (κ3) is 5.81. The number of carbonyl (C=O) groups is 2. The zero-order valence-corrected chi connectivity index (χ0v) is 18.6. The van der Waals surface area contributed by atoms with E-state index in [4.69, 9.17) is 16.3 Å². The van der Waals surface area contributed by atoms with Gasteiger partial charge in [-0.25, -0.2) is 4.79 Å². The molecule has 1 aliphatic rings. The van der Waals surface area contributed by atoms with Crippen molar-refractivity contribution in [2.45, 2.75) is 19.3 Å². The molecule has 162 valence electrons. The number of piperidine rings is 1. The van der Waals surface area contributed by atoms with Crippen molar-refractivity contribution in [2.24, 2.45) is 5.92 Å². The first kappa shape index (κ1) is 21.7. The van der Waals surface area contributed by atoms with Crippen LogP contribution in [-0.4, -0.2) is 47.4 Å². The highest BCUT2D eigenvalue weighted by Gasteiger charge is 2.25. The van der Waals surface area contributed by atoms with E-state index in [9.17, 15) is 9.59 Å². The summed E-state index contributed by atoms with van der Waals surface area (Å²) in [5, 5.41) is 4.40. The Labute approximate surface area is 190 Å². The molecule has 1 amide bonds. The zero-order valence-electron chi connectivity index (χ0n) is 17.1. The number of nitrogens with zero attached hydrogens (tertiary/aromatic N) is 2. The minimum absolute atomic E-state index is 0.0650. The smallest absolute Gasteiger partial charge is 0.411 e. The van der Waals surface area contributed by atoms with Gasteiger partial charge in [0.15, 0.2) is 5.78 Å². The highest BCUT2D eigenvalue weighted by molar-refractivity contribution is 7.13. The van der Waals surface area contributed by atoms with Crippen molar-refractivity contribution in [3.05, 3.63) is 59.2 Å². The molecule has 2 aromatic carbocycles. The Bertz CT molecular complexity index is 1050. The number of halogens is 1. The normalized spacial score (nSPS) is 15.1. The van der Waals surface area contributed by atoms with Crippen LogP contribution < -0.4 is 5.32 Å². The maximum absolute atomic E-state index is 12.6. The second-order valence-electron chi connectivity index (χ2n) is 7.68. The zero-order chi connectivity index (χ0) is 21.6. The van der Waals surface area contributed by atoms with Gasteiger partial charge in [-0.2, -0.15) is 4.37 Å². The van der Waals surface area contributed by atoms with Gasteiger partial charge in [0.2, 0.25) is 0 Å². The third-order valence-electron chi connectivity index (χ3n) is 5.54. The number of ether oxygens (including phenoxy) is 1. The van der Waals surface area contributed by atoms with Gasteiger partial charge in [-0.15, -0.1) is 0 Å². The molecule has 8 heteroatoms. The lowest BCUT2D eigenvalue weighted by molar-refractivity contribution is 0.0830. The van der Waals surface area contributed by atoms with Gasteiger partial charge in [0.1, 0.15) is 0 Å². The summed E-state index contributed by atoms with van der Waals surface area (Å²) in [4.78, 5) is 27.0. The number of likely N-dealkylation sites (tertiary alicyclic amines) is 1. The largest absolute Gasteiger partial charge is 0.449 e. The molecule has 31 heavy (non-hydrogen) atoms. The maximum Gasteiger partial charge on any atom is 0.411 e. The molecule has 2 heterocycles. The van der Waals surface area contributed by atoms with E-state index in [-0.39, 0.29) is 11.7 Å². The number of rotatable bonds is 7. The standard InChI is InChI=1S/C23H24ClN3O3S/c24-19-4-2-16(3-5-19)22(28)17-8-11-27(12-9-17)10-1-13-30-23(29)26-20-6-7-21-18(14-20)15-25-31-21/h2-7,14-15,17H,1,8-13H2,(H,26,29). The Hall–Kier alpha value is -2.48. The quantitative estimate of drug-likeness (QED) is 0.375. The van der Waals surface area contributed by atoms with Gasteiger partial charge in [-0.3, -0.25) is 10.1 Å². The van der Waals surface area contributed by atoms with Crippen molar-refractivity contribution in [3.63, 3.8) is 0 Å². The molecule has 0 saturated carbocycles. The molecule has 0 aliphatic carbocycles. The maximum atomic E-state index is 12.6. The van der Waals surface area contributed by atoms with E-state index in [1.54, 1.807) is 30.5 Å². The highest BCUT2D eigenvalue weighted by Crippen LogP contribution is 2.23. The lowest BCUT2D eigenvalue weighted by Crippen LogP contribution is -2.37. The van der Waals surface area contributed by atoms with E-state index in [1.807, 2.05) is 18.2 Å². The number of nitrogens with one attached hydrogen (secondary N) is 1. The summed E-state index contributed by atoms with van der Waals surface area (Å²) in [5.41, 5.74) is 1.43. The lowest BCUT2D eigenvalue weighted by Gasteiger charge is -2.31. The average molecular weight is 458 g/mol. The number of ketones is 1. The van der Waals surface area contributed by atoms with Gasteiger partial charge >= 0.3 is 6.09 Å². The van der Waals surface area contributed by atoms with Gasteiger partial charge in [0.25, 0.3) is 0 Å². The van der Waals surface area contributed by atoms with Crippen molar-refractivity contribution < 1.29 is 14.3 Å². The third-order valence-corrected chi connectivity index (χ3v) is 6.57. The SMILES string of the molecule is O=C(Nc1ccc2sncc2c1)OCCCN1CCC(C(=O)c2ccc(Cl)cc2)CC1. The van der Waals surface area contributed by atoms with Gasteiger partial charge in [0, 0.05) is 40.3 Å². The van der Waals surface area contributed by atoms with E-state index in [2.05, 4.69) is 14.6 Å². The number of benzene rings is 2. The molecule has 1 aromatic heterocycles. The molecular weight excluding hydrogens is 434 g/mol. The fourth-order valence-electron chi connectivity index (χ4n) is 3.83. The van der Waals surface area contributed by atoms with E-state index in [0.717, 1.165) is 54.5 Å². The number of fused-ring (bicyclic) bond motifs is 1. The van der Waals surface area contributed by atoms with Crippen molar-refractivity contribution in [1.29, 1.82) is 0 Å². The summed E-state index contributed by atoms with van der Waals surface area (Å²) >= 11 is 7.33. The number of aromatic nitrogens is 1. The molecule has 0 atom stereocenters. The number of anilines is 1. The Morgan fingerprint density at radius 1 is 1.16 bits per heavy atom. The second-order valence-corrected chi connectivity index (χ2v) is 8.95. The van der Waals surface area contributed by atoms with Crippen LogP contribution in [0.1, 0.15) is 29.6 Å². The van der Waals surface area contributed by atoms with E-state index in [1.165, 1.54) is 11.5 Å². The van der Waals surface area contributed by atoms with Crippen LogP contribution in [0.2, 0.25) is 5.02 Å². The predicted octanol–water partition coefficient (Wildman–Crippen LogP) is 5.48. The van der Waals surface area contributed by atoms with Crippen LogP contribution in [0.3, 0.4) is 0 Å². The lowest BCUT2D eigenvalue weighted by atomic mass is 9.89. The first-order valence-electron chi connectivity index (χ1n) is 10.4. The van der Waals surface area contributed by atoms with Crippen LogP contribution in [0.15, 0.2) is 48.7 Å². The van der Waals surface area contributed by atoms with Crippen LogP contribution in [0, 0.1) is 5.92 Å². The average Bonchev–Trinajstić information content (AvgIpc) is 3.25. The van der Waals surface area contributed by atoms with E-state index in [0.29, 0.717) is 17.3 Å². The molecule has 4 rings (SSSR count). The van der Waals surface area contributed by atoms with Crippen molar-refractivity contribution in [2.75, 3.05) is 31.6 Å². The molecular formula is C23H24ClN3O3S. The van der Waals surface area contributed by atoms with Gasteiger partial charge < -0.3 is 9.64 Å². The second kappa shape index (κ2) is 10.2. The molecule has 0 spiro atoms. The van der Waals surface area contributed by atoms with Crippen molar-refractivity contribution in [1.82, 2.24) is 9.27 Å². The molecule has 6 nitrogen and oxygen atoms in total. The Morgan fingerprint density at radius 3 is 2.71 bits per heavy atom. The Kier molecular flexibility index (Phi) is 7.17. The molecule has 1 fully saturated rings. The summed E-state index contributed by atoms with van der Waals surface area (Å²) in [7, 11) is 0. The number of amides is 1. The monoisotopic (exact) mass is 457 g/mol. The fraction of sp³-hybridized carbons (Fsp3) is 0.348. The number of carbonyl (C=O) groups excluding carboxylic acids is 2. The topological polar surface area (TPSA) is 71.5 Å². The summed E-state index contributed by atoms with van der Waals surface area (Å²) in [5.74, 6) is 0.267. The summed E-state index contributed by atoms with van der Waals surface area (Å²) in [6, 6.07) is 12.8. The Morgan fingerprint density at radius 2 is 1.94 bits per heavy atom.